The molecule has 21 heavy (non-hydrogen) atoms. The normalized spacial score (nSPS) is 25.8. The zero-order valence-corrected chi connectivity index (χ0v) is 12.5. The third-order valence-electron chi connectivity index (χ3n) is 5.06. The number of fused-ring (bicyclic) bond motifs is 2. The van der Waals surface area contributed by atoms with Crippen LogP contribution in [0.1, 0.15) is 56.7 Å². The number of anilines is 1. The monoisotopic (exact) mass is 286 g/mol. The molecule has 2 aromatic rings. The Labute approximate surface area is 124 Å². The number of nitrogens with one attached hydrogen (secondary N) is 1. The fourth-order valence-electron chi connectivity index (χ4n) is 3.77. The zero-order chi connectivity index (χ0) is 14.2. The van der Waals surface area contributed by atoms with Crippen molar-refractivity contribution < 1.29 is 0 Å². The molecule has 2 atom stereocenters. The van der Waals surface area contributed by atoms with Gasteiger partial charge in [-0.05, 0) is 54.9 Å². The van der Waals surface area contributed by atoms with Crippen molar-refractivity contribution >= 4 is 11.6 Å². The molecule has 4 rings (SSSR count). The molecule has 0 spiro atoms. The van der Waals surface area contributed by atoms with Crippen LogP contribution < -0.4 is 5.32 Å². The second kappa shape index (κ2) is 5.24. The van der Waals surface area contributed by atoms with Gasteiger partial charge >= 0.3 is 0 Å². The Morgan fingerprint density at radius 2 is 1.95 bits per heavy atom. The van der Waals surface area contributed by atoms with Crippen LogP contribution in [-0.2, 0) is 12.8 Å². The first-order valence-corrected chi connectivity index (χ1v) is 8.19. The Balaban J connectivity index is 1.76. The highest BCUT2D eigenvalue weighted by molar-refractivity contribution is 5.54. The lowest BCUT2D eigenvalue weighted by atomic mass is 9.85. The van der Waals surface area contributed by atoms with Crippen LogP contribution in [0.15, 0.2) is 0 Å². The van der Waals surface area contributed by atoms with Gasteiger partial charge in [-0.3, -0.25) is 0 Å². The molecule has 0 radical (unpaired) electrons. The Morgan fingerprint density at radius 1 is 1.10 bits per heavy atom. The maximum absolute atomic E-state index is 4.64. The fraction of sp³-hybridized carbons (Fsp3) is 0.733. The van der Waals surface area contributed by atoms with Crippen molar-refractivity contribution in [2.45, 2.75) is 64.3 Å². The molecule has 0 aliphatic heterocycles. The summed E-state index contributed by atoms with van der Waals surface area (Å²) in [4.78, 5) is 4.64. The highest BCUT2D eigenvalue weighted by atomic mass is 15.5. The van der Waals surface area contributed by atoms with Crippen LogP contribution >= 0.6 is 0 Å². The summed E-state index contributed by atoms with van der Waals surface area (Å²) < 4.78 is 1.80. The van der Waals surface area contributed by atoms with Crippen molar-refractivity contribution in [3.63, 3.8) is 0 Å². The summed E-state index contributed by atoms with van der Waals surface area (Å²) >= 11 is 0. The lowest BCUT2D eigenvalue weighted by molar-refractivity contribution is 0.348. The molecular formula is C15H22N6. The van der Waals surface area contributed by atoms with Gasteiger partial charge in [-0.2, -0.15) is 4.52 Å². The summed E-state index contributed by atoms with van der Waals surface area (Å²) in [6.07, 6.45) is 9.80. The molecule has 0 aromatic carbocycles. The van der Waals surface area contributed by atoms with Crippen LogP contribution in [0.25, 0.3) is 5.78 Å². The largest absolute Gasteiger partial charge is 0.367 e. The summed E-state index contributed by atoms with van der Waals surface area (Å²) in [6, 6.07) is 0.527. The quantitative estimate of drug-likeness (QED) is 0.918. The third-order valence-corrected chi connectivity index (χ3v) is 5.06. The Morgan fingerprint density at radius 3 is 2.86 bits per heavy atom. The van der Waals surface area contributed by atoms with Crippen molar-refractivity contribution in [3.05, 3.63) is 11.3 Å². The van der Waals surface area contributed by atoms with E-state index in [0.717, 1.165) is 18.7 Å². The Hall–Kier alpha value is -1.72. The predicted octanol–water partition coefficient (Wildman–Crippen LogP) is 2.39. The van der Waals surface area contributed by atoms with Crippen LogP contribution in [0.4, 0.5) is 5.82 Å². The maximum Gasteiger partial charge on any atom is 0.275 e. The highest BCUT2D eigenvalue weighted by Crippen LogP contribution is 2.31. The van der Waals surface area contributed by atoms with Gasteiger partial charge in [-0.1, -0.05) is 24.9 Å². The van der Waals surface area contributed by atoms with E-state index in [0.29, 0.717) is 17.7 Å². The van der Waals surface area contributed by atoms with Gasteiger partial charge in [0.05, 0.1) is 5.69 Å². The minimum Gasteiger partial charge on any atom is -0.367 e. The van der Waals surface area contributed by atoms with E-state index in [-0.39, 0.29) is 0 Å². The third kappa shape index (κ3) is 2.26. The van der Waals surface area contributed by atoms with Crippen LogP contribution in [-0.4, -0.2) is 31.1 Å². The molecule has 1 N–H and O–H groups in total. The average molecular weight is 286 g/mol. The first kappa shape index (κ1) is 13.0. The maximum atomic E-state index is 4.64. The molecule has 0 saturated heterocycles. The number of hydrogen-bond acceptors (Lipinski definition) is 5. The number of aryl methyl sites for hydroxylation is 1. The van der Waals surface area contributed by atoms with Gasteiger partial charge in [0.2, 0.25) is 0 Å². The van der Waals surface area contributed by atoms with E-state index in [1.54, 1.807) is 4.52 Å². The fourth-order valence-corrected chi connectivity index (χ4v) is 3.77. The van der Waals surface area contributed by atoms with Gasteiger partial charge in [0, 0.05) is 11.6 Å². The number of hydrogen-bond donors (Lipinski definition) is 1. The zero-order valence-electron chi connectivity index (χ0n) is 12.5. The highest BCUT2D eigenvalue weighted by Gasteiger charge is 2.26. The molecule has 0 amide bonds. The molecule has 0 bridgehead atoms. The van der Waals surface area contributed by atoms with Gasteiger partial charge in [0.25, 0.3) is 5.78 Å². The number of tetrazole rings is 1. The second-order valence-corrected chi connectivity index (χ2v) is 6.50. The van der Waals surface area contributed by atoms with E-state index < -0.39 is 0 Å². The molecule has 1 fully saturated rings. The summed E-state index contributed by atoms with van der Waals surface area (Å²) in [5.74, 6) is 2.43. The average Bonchev–Trinajstić information content (AvgIpc) is 2.97. The van der Waals surface area contributed by atoms with E-state index in [9.17, 15) is 0 Å². The number of aromatic nitrogens is 5. The standard InChI is InChI=1S/C15H22N6/c1-10-6-2-4-8-12(10)16-14-11-7-3-5-9-13(11)17-15-18-19-20-21(14)15/h10,12,16H,2-9H2,1H3. The van der Waals surface area contributed by atoms with Gasteiger partial charge in [0.1, 0.15) is 5.82 Å². The number of nitrogens with zero attached hydrogens (tertiary/aromatic N) is 5. The lowest BCUT2D eigenvalue weighted by Gasteiger charge is -2.31. The van der Waals surface area contributed by atoms with Crippen LogP contribution in [0.2, 0.25) is 0 Å². The van der Waals surface area contributed by atoms with E-state index in [4.69, 9.17) is 0 Å². The summed E-state index contributed by atoms with van der Waals surface area (Å²) in [5, 5.41) is 15.8. The van der Waals surface area contributed by atoms with E-state index in [1.165, 1.54) is 49.8 Å². The van der Waals surface area contributed by atoms with Crippen LogP contribution in [0.3, 0.4) is 0 Å². The Bertz CT molecular complexity index is 649. The first-order chi connectivity index (χ1) is 10.3. The summed E-state index contributed by atoms with van der Waals surface area (Å²) in [7, 11) is 0. The smallest absolute Gasteiger partial charge is 0.275 e. The van der Waals surface area contributed by atoms with Gasteiger partial charge < -0.3 is 5.32 Å². The minimum atomic E-state index is 0.527. The molecule has 1 saturated carbocycles. The van der Waals surface area contributed by atoms with E-state index in [2.05, 4.69) is 32.7 Å². The van der Waals surface area contributed by atoms with Crippen molar-refractivity contribution in [1.29, 1.82) is 0 Å². The minimum absolute atomic E-state index is 0.527. The second-order valence-electron chi connectivity index (χ2n) is 6.50. The molecule has 2 unspecified atom stereocenters. The molecule has 2 aliphatic carbocycles. The van der Waals surface area contributed by atoms with Gasteiger partial charge in [-0.25, -0.2) is 4.98 Å². The molecule has 112 valence electrons. The number of rotatable bonds is 2. The summed E-state index contributed by atoms with van der Waals surface area (Å²) in [5.41, 5.74) is 2.52. The van der Waals surface area contributed by atoms with Crippen molar-refractivity contribution in [1.82, 2.24) is 25.0 Å². The molecule has 2 heterocycles. The molecule has 6 nitrogen and oxygen atoms in total. The first-order valence-electron chi connectivity index (χ1n) is 8.19. The van der Waals surface area contributed by atoms with Crippen molar-refractivity contribution in [3.8, 4) is 0 Å². The Kier molecular flexibility index (Phi) is 3.24. The van der Waals surface area contributed by atoms with Gasteiger partial charge in [-0.15, -0.1) is 0 Å². The molecule has 6 heteroatoms. The summed E-state index contributed by atoms with van der Waals surface area (Å²) in [6.45, 7) is 2.35. The topological polar surface area (TPSA) is 68.0 Å². The van der Waals surface area contributed by atoms with Crippen molar-refractivity contribution in [2.24, 2.45) is 5.92 Å². The van der Waals surface area contributed by atoms with E-state index in [1.807, 2.05) is 0 Å². The van der Waals surface area contributed by atoms with Crippen LogP contribution in [0.5, 0.6) is 0 Å². The SMILES string of the molecule is CC1CCCCC1Nc1c2c(nc3nnnn13)CCCC2. The van der Waals surface area contributed by atoms with Gasteiger partial charge in [0.15, 0.2) is 0 Å². The lowest BCUT2D eigenvalue weighted by Crippen LogP contribution is -2.32. The predicted molar refractivity (Wildman–Crippen MR) is 80.3 cm³/mol. The molecule has 2 aromatic heterocycles. The van der Waals surface area contributed by atoms with Crippen LogP contribution in [0, 0.1) is 5.92 Å². The molecular weight excluding hydrogens is 264 g/mol. The molecule has 2 aliphatic rings. The van der Waals surface area contributed by atoms with E-state index >= 15 is 0 Å². The van der Waals surface area contributed by atoms with Crippen molar-refractivity contribution in [2.75, 3.05) is 5.32 Å².